The van der Waals surface area contributed by atoms with Gasteiger partial charge in [0.1, 0.15) is 18.6 Å². The Balaban J connectivity index is 2.02. The third-order valence-corrected chi connectivity index (χ3v) is 3.65. The summed E-state index contributed by atoms with van der Waals surface area (Å²) in [6.07, 6.45) is 5.99. The molecule has 0 spiro atoms. The Morgan fingerprint density at radius 3 is 2.06 bits per heavy atom. The van der Waals surface area contributed by atoms with Crippen LogP contribution in [0.2, 0.25) is 0 Å². The first kappa shape index (κ1) is 13.4. The summed E-state index contributed by atoms with van der Waals surface area (Å²) in [5.41, 5.74) is -0.235. The Morgan fingerprint density at radius 2 is 1.61 bits per heavy atom. The predicted octanol–water partition coefficient (Wildman–Crippen LogP) is 2.82. The van der Waals surface area contributed by atoms with E-state index < -0.39 is 0 Å². The third-order valence-electron chi connectivity index (χ3n) is 3.65. The van der Waals surface area contributed by atoms with Crippen molar-refractivity contribution in [1.82, 2.24) is 0 Å². The minimum atomic E-state index is -0.235. The first-order chi connectivity index (χ1) is 8.77. The molecule has 0 aliphatic carbocycles. The average molecular weight is 252 g/mol. The van der Waals surface area contributed by atoms with Crippen LogP contribution in [0.15, 0.2) is 9.98 Å². The van der Waals surface area contributed by atoms with Gasteiger partial charge in [0, 0.05) is 0 Å². The van der Waals surface area contributed by atoms with Crippen LogP contribution < -0.4 is 0 Å². The van der Waals surface area contributed by atoms with Crippen LogP contribution in [0.25, 0.3) is 0 Å². The van der Waals surface area contributed by atoms with Crippen molar-refractivity contribution in [2.24, 2.45) is 15.4 Å². The molecule has 0 saturated carbocycles. The number of aliphatic imine (C=N–C) groups is 2. The van der Waals surface area contributed by atoms with E-state index in [4.69, 9.17) is 9.47 Å². The van der Waals surface area contributed by atoms with Crippen molar-refractivity contribution in [2.45, 2.75) is 46.0 Å². The minimum Gasteiger partial charge on any atom is -0.478 e. The lowest BCUT2D eigenvalue weighted by atomic mass is 9.83. The highest BCUT2D eigenvalue weighted by Gasteiger charge is 2.41. The topological polar surface area (TPSA) is 43.2 Å². The van der Waals surface area contributed by atoms with E-state index in [1.165, 1.54) is 25.7 Å². The molecule has 2 aliphatic heterocycles. The van der Waals surface area contributed by atoms with Crippen LogP contribution in [0.3, 0.4) is 0 Å². The van der Waals surface area contributed by atoms with E-state index in [-0.39, 0.29) is 5.41 Å². The van der Waals surface area contributed by atoms with Gasteiger partial charge in [0.25, 0.3) is 0 Å². The highest BCUT2D eigenvalue weighted by atomic mass is 16.5. The summed E-state index contributed by atoms with van der Waals surface area (Å²) in [5.74, 6) is 1.67. The number of nitrogens with zero attached hydrogens (tertiary/aromatic N) is 2. The van der Waals surface area contributed by atoms with Gasteiger partial charge in [-0.05, 0) is 13.3 Å². The predicted molar refractivity (Wildman–Crippen MR) is 73.4 cm³/mol. The van der Waals surface area contributed by atoms with Gasteiger partial charge in [-0.3, -0.25) is 9.98 Å². The molecule has 0 aromatic heterocycles. The summed E-state index contributed by atoms with van der Waals surface area (Å²) in [5, 5.41) is 0. The lowest BCUT2D eigenvalue weighted by Gasteiger charge is -2.28. The van der Waals surface area contributed by atoms with Crippen molar-refractivity contribution in [3.63, 3.8) is 0 Å². The summed E-state index contributed by atoms with van der Waals surface area (Å²) in [7, 11) is 0. The molecule has 0 radical (unpaired) electrons. The Labute approximate surface area is 109 Å². The molecule has 0 amide bonds. The number of rotatable bonds is 7. The molecule has 0 saturated heterocycles. The zero-order chi connectivity index (χ0) is 12.8. The van der Waals surface area contributed by atoms with Crippen LogP contribution in [0.5, 0.6) is 0 Å². The Morgan fingerprint density at radius 1 is 1.00 bits per heavy atom. The van der Waals surface area contributed by atoms with Crippen LogP contribution in [0.1, 0.15) is 46.0 Å². The van der Waals surface area contributed by atoms with Crippen LogP contribution in [0, 0.1) is 5.41 Å². The third kappa shape index (κ3) is 2.85. The van der Waals surface area contributed by atoms with Crippen LogP contribution in [-0.2, 0) is 9.47 Å². The SMILES string of the molecule is CCCCCCC(C)(C1=NCCO1)C1=NCCO1. The largest absolute Gasteiger partial charge is 0.478 e. The van der Waals surface area contributed by atoms with E-state index in [2.05, 4.69) is 23.8 Å². The summed E-state index contributed by atoms with van der Waals surface area (Å²) in [6.45, 7) is 7.33. The lowest BCUT2D eigenvalue weighted by molar-refractivity contribution is 0.265. The lowest BCUT2D eigenvalue weighted by Crippen LogP contribution is -2.37. The van der Waals surface area contributed by atoms with Crippen molar-refractivity contribution in [3.05, 3.63) is 0 Å². The Bertz CT molecular complexity index is 313. The molecule has 0 unspecified atom stereocenters. The molecule has 0 atom stereocenters. The molecule has 0 aromatic rings. The first-order valence-electron chi connectivity index (χ1n) is 7.13. The van der Waals surface area contributed by atoms with Gasteiger partial charge in [-0.2, -0.15) is 0 Å². The maximum atomic E-state index is 5.68. The number of hydrogen-bond donors (Lipinski definition) is 0. The molecule has 2 heterocycles. The summed E-state index contributed by atoms with van der Waals surface area (Å²) >= 11 is 0. The second-order valence-electron chi connectivity index (χ2n) is 5.21. The molecular weight excluding hydrogens is 228 g/mol. The van der Waals surface area contributed by atoms with E-state index in [0.29, 0.717) is 13.2 Å². The van der Waals surface area contributed by atoms with E-state index in [0.717, 1.165) is 31.3 Å². The summed E-state index contributed by atoms with van der Waals surface area (Å²) < 4.78 is 11.4. The maximum Gasteiger partial charge on any atom is 0.199 e. The van der Waals surface area contributed by atoms with E-state index in [1.54, 1.807) is 0 Å². The fraction of sp³-hybridized carbons (Fsp3) is 0.857. The monoisotopic (exact) mass is 252 g/mol. The standard InChI is InChI=1S/C14H24N2O2/c1-3-4-5-6-7-14(2,12-15-8-10-17-12)13-16-9-11-18-13/h3-11H2,1-2H3. The molecule has 18 heavy (non-hydrogen) atoms. The van der Waals surface area contributed by atoms with Crippen LogP contribution in [-0.4, -0.2) is 38.1 Å². The van der Waals surface area contributed by atoms with Crippen molar-refractivity contribution in [1.29, 1.82) is 0 Å². The zero-order valence-electron chi connectivity index (χ0n) is 11.6. The highest BCUT2D eigenvalue weighted by molar-refractivity contribution is 6.05. The molecule has 4 heteroatoms. The fourth-order valence-corrected chi connectivity index (χ4v) is 2.55. The highest BCUT2D eigenvalue weighted by Crippen LogP contribution is 2.32. The minimum absolute atomic E-state index is 0.235. The van der Waals surface area contributed by atoms with Gasteiger partial charge in [-0.15, -0.1) is 0 Å². The van der Waals surface area contributed by atoms with E-state index in [1.807, 2.05) is 0 Å². The van der Waals surface area contributed by atoms with Gasteiger partial charge in [0.05, 0.1) is 13.1 Å². The van der Waals surface area contributed by atoms with Gasteiger partial charge in [-0.1, -0.05) is 32.6 Å². The van der Waals surface area contributed by atoms with Crippen molar-refractivity contribution in [3.8, 4) is 0 Å². The number of hydrogen-bond acceptors (Lipinski definition) is 4. The smallest absolute Gasteiger partial charge is 0.199 e. The molecule has 0 aromatic carbocycles. The normalized spacial score (nSPS) is 19.2. The second-order valence-corrected chi connectivity index (χ2v) is 5.21. The quantitative estimate of drug-likeness (QED) is 0.654. The van der Waals surface area contributed by atoms with Crippen LogP contribution >= 0.6 is 0 Å². The average Bonchev–Trinajstić information content (AvgIpc) is 3.05. The molecule has 0 fully saturated rings. The van der Waals surface area contributed by atoms with Gasteiger partial charge in [-0.25, -0.2) is 0 Å². The molecule has 2 aliphatic rings. The van der Waals surface area contributed by atoms with Crippen molar-refractivity contribution in [2.75, 3.05) is 26.3 Å². The van der Waals surface area contributed by atoms with E-state index in [9.17, 15) is 0 Å². The first-order valence-corrected chi connectivity index (χ1v) is 7.13. The summed E-state index contributed by atoms with van der Waals surface area (Å²) in [6, 6.07) is 0. The zero-order valence-corrected chi connectivity index (χ0v) is 11.6. The molecule has 0 N–H and O–H groups in total. The summed E-state index contributed by atoms with van der Waals surface area (Å²) in [4.78, 5) is 8.97. The Kier molecular flexibility index (Phi) is 4.61. The molecule has 2 rings (SSSR count). The number of ether oxygens (including phenoxy) is 2. The van der Waals surface area contributed by atoms with Gasteiger partial charge < -0.3 is 9.47 Å². The molecule has 0 bridgehead atoms. The molecule has 4 nitrogen and oxygen atoms in total. The maximum absolute atomic E-state index is 5.68. The van der Waals surface area contributed by atoms with E-state index >= 15 is 0 Å². The number of unbranched alkanes of at least 4 members (excludes halogenated alkanes) is 3. The van der Waals surface area contributed by atoms with Crippen molar-refractivity contribution < 1.29 is 9.47 Å². The van der Waals surface area contributed by atoms with Gasteiger partial charge in [0.15, 0.2) is 11.8 Å². The van der Waals surface area contributed by atoms with Gasteiger partial charge in [0.2, 0.25) is 0 Å². The molecular formula is C14H24N2O2. The van der Waals surface area contributed by atoms with Crippen molar-refractivity contribution >= 4 is 11.8 Å². The Hall–Kier alpha value is -1.06. The van der Waals surface area contributed by atoms with Crippen LogP contribution in [0.4, 0.5) is 0 Å². The molecule has 102 valence electrons. The van der Waals surface area contributed by atoms with Gasteiger partial charge >= 0.3 is 0 Å². The fourth-order valence-electron chi connectivity index (χ4n) is 2.55. The second kappa shape index (κ2) is 6.21.